The minimum Gasteiger partial charge on any atom is -0.478 e. The van der Waals surface area contributed by atoms with Crippen LogP contribution in [0.3, 0.4) is 0 Å². The van der Waals surface area contributed by atoms with Crippen molar-refractivity contribution in [2.75, 3.05) is 6.54 Å². The van der Waals surface area contributed by atoms with Gasteiger partial charge in [-0.2, -0.15) is 13.2 Å². The van der Waals surface area contributed by atoms with E-state index in [0.29, 0.717) is 11.1 Å². The highest BCUT2D eigenvalue weighted by molar-refractivity contribution is 6.31. The third-order valence-corrected chi connectivity index (χ3v) is 5.53. The first-order valence-electron chi connectivity index (χ1n) is 10.7. The number of fused-ring (bicyclic) bond motifs is 1. The Morgan fingerprint density at radius 3 is 2.24 bits per heavy atom. The average molecular weight is 498 g/mol. The Morgan fingerprint density at radius 2 is 1.71 bits per heavy atom. The van der Waals surface area contributed by atoms with Crippen LogP contribution in [-0.4, -0.2) is 35.8 Å². The molecule has 0 aliphatic carbocycles. The van der Waals surface area contributed by atoms with Gasteiger partial charge in [-0.05, 0) is 42.8 Å². The Morgan fingerprint density at radius 1 is 1.12 bits per heavy atom. The van der Waals surface area contributed by atoms with Gasteiger partial charge in [0, 0.05) is 28.1 Å². The molecule has 0 spiro atoms. The standard InChI is InChI=1S/C23H21ClF3NO4.C2H6/c1-12-4-6-13(7-5-12)20(29)28-11-22(2,3)16-10-18-14(9-17(16)24)8-15(21(30)31)19(32-18)23(25,26)27;1-2/h4-10,19H,11H2,1-3H3,(H,28,29)(H,30,31);1-2H3. The van der Waals surface area contributed by atoms with E-state index in [9.17, 15) is 22.8 Å². The molecule has 0 aromatic heterocycles. The van der Waals surface area contributed by atoms with Crippen LogP contribution in [0.1, 0.15) is 54.7 Å². The summed E-state index contributed by atoms with van der Waals surface area (Å²) in [6.45, 7) is 9.61. The normalized spacial score (nSPS) is 15.2. The summed E-state index contributed by atoms with van der Waals surface area (Å²) in [5.41, 5.74) is 0.399. The topological polar surface area (TPSA) is 75.6 Å². The highest BCUT2D eigenvalue weighted by Gasteiger charge is 2.48. The van der Waals surface area contributed by atoms with Gasteiger partial charge in [-0.3, -0.25) is 4.79 Å². The van der Waals surface area contributed by atoms with Crippen LogP contribution in [0.5, 0.6) is 5.75 Å². The van der Waals surface area contributed by atoms with Crippen LogP contribution in [0, 0.1) is 6.92 Å². The van der Waals surface area contributed by atoms with E-state index in [1.54, 1.807) is 26.0 Å². The molecule has 1 amide bonds. The van der Waals surface area contributed by atoms with E-state index in [4.69, 9.17) is 21.4 Å². The molecule has 2 aromatic rings. The SMILES string of the molecule is CC.Cc1ccc(C(=O)NCC(C)(C)c2cc3c(cc2Cl)C=C(C(=O)O)C(C(F)(F)F)O3)cc1. The molecule has 34 heavy (non-hydrogen) atoms. The van der Waals surface area contributed by atoms with Crippen molar-refractivity contribution in [1.82, 2.24) is 5.32 Å². The summed E-state index contributed by atoms with van der Waals surface area (Å²) in [5, 5.41) is 12.2. The van der Waals surface area contributed by atoms with Crippen LogP contribution < -0.4 is 10.1 Å². The highest BCUT2D eigenvalue weighted by Crippen LogP contribution is 2.42. The number of carbonyl (C=O) groups excluding carboxylic acids is 1. The summed E-state index contributed by atoms with van der Waals surface area (Å²) in [6, 6.07) is 9.75. The van der Waals surface area contributed by atoms with E-state index in [2.05, 4.69) is 5.32 Å². The Bertz CT molecular complexity index is 1090. The van der Waals surface area contributed by atoms with Crippen molar-refractivity contribution >= 4 is 29.6 Å². The van der Waals surface area contributed by atoms with Gasteiger partial charge in [-0.25, -0.2) is 4.79 Å². The van der Waals surface area contributed by atoms with Crippen molar-refractivity contribution in [3.63, 3.8) is 0 Å². The summed E-state index contributed by atoms with van der Waals surface area (Å²) >= 11 is 6.38. The van der Waals surface area contributed by atoms with E-state index < -0.39 is 29.2 Å². The number of ether oxygens (including phenoxy) is 1. The Kier molecular flexibility index (Phi) is 8.42. The van der Waals surface area contributed by atoms with Crippen LogP contribution in [0.25, 0.3) is 6.08 Å². The van der Waals surface area contributed by atoms with Gasteiger partial charge in [0.15, 0.2) is 0 Å². The number of halogens is 4. The molecule has 3 rings (SSSR count). The number of rotatable bonds is 5. The first-order valence-corrected chi connectivity index (χ1v) is 11.0. The summed E-state index contributed by atoms with van der Waals surface area (Å²) in [7, 11) is 0. The van der Waals surface area contributed by atoms with Gasteiger partial charge in [-0.1, -0.05) is 57.0 Å². The van der Waals surface area contributed by atoms with Crippen molar-refractivity contribution in [1.29, 1.82) is 0 Å². The summed E-state index contributed by atoms with van der Waals surface area (Å²) in [6.07, 6.45) is -6.58. The number of carbonyl (C=O) groups is 2. The number of alkyl halides is 3. The van der Waals surface area contributed by atoms with E-state index in [-0.39, 0.29) is 28.8 Å². The van der Waals surface area contributed by atoms with E-state index in [1.165, 1.54) is 12.1 Å². The lowest BCUT2D eigenvalue weighted by molar-refractivity contribution is -0.187. The van der Waals surface area contributed by atoms with E-state index >= 15 is 0 Å². The molecule has 2 N–H and O–H groups in total. The summed E-state index contributed by atoms with van der Waals surface area (Å²) in [4.78, 5) is 23.7. The van der Waals surface area contributed by atoms with Crippen molar-refractivity contribution in [3.05, 3.63) is 69.2 Å². The predicted molar refractivity (Wildman–Crippen MR) is 125 cm³/mol. The molecule has 184 valence electrons. The number of aryl methyl sites for hydroxylation is 1. The largest absolute Gasteiger partial charge is 0.478 e. The number of nitrogens with one attached hydrogen (secondary N) is 1. The van der Waals surface area contributed by atoms with Crippen molar-refractivity contribution in [2.24, 2.45) is 0 Å². The van der Waals surface area contributed by atoms with E-state index in [1.807, 2.05) is 32.9 Å². The van der Waals surface area contributed by atoms with Gasteiger partial charge in [0.1, 0.15) is 5.75 Å². The second-order valence-electron chi connectivity index (χ2n) is 8.25. The average Bonchev–Trinajstić information content (AvgIpc) is 2.77. The summed E-state index contributed by atoms with van der Waals surface area (Å²) < 4.78 is 45.1. The number of amides is 1. The Hall–Kier alpha value is -3.00. The van der Waals surface area contributed by atoms with Crippen molar-refractivity contribution < 1.29 is 32.6 Å². The lowest BCUT2D eigenvalue weighted by Crippen LogP contribution is -2.40. The Labute approximate surface area is 201 Å². The van der Waals surface area contributed by atoms with Crippen molar-refractivity contribution in [2.45, 2.75) is 52.3 Å². The number of benzene rings is 2. The highest BCUT2D eigenvalue weighted by atomic mass is 35.5. The molecule has 2 aromatic carbocycles. The minimum atomic E-state index is -4.90. The third-order valence-electron chi connectivity index (χ3n) is 5.22. The Balaban J connectivity index is 0.00000199. The lowest BCUT2D eigenvalue weighted by atomic mass is 9.83. The predicted octanol–water partition coefficient (Wildman–Crippen LogP) is 6.17. The van der Waals surface area contributed by atoms with Crippen LogP contribution in [0.4, 0.5) is 13.2 Å². The zero-order chi connectivity index (χ0) is 25.8. The number of hydrogen-bond acceptors (Lipinski definition) is 3. The lowest BCUT2D eigenvalue weighted by Gasteiger charge is -2.31. The second-order valence-corrected chi connectivity index (χ2v) is 8.65. The zero-order valence-electron chi connectivity index (χ0n) is 19.5. The maximum absolute atomic E-state index is 13.4. The van der Waals surface area contributed by atoms with Crippen molar-refractivity contribution in [3.8, 4) is 5.75 Å². The number of hydrogen-bond donors (Lipinski definition) is 2. The fourth-order valence-electron chi connectivity index (χ4n) is 3.36. The van der Waals surface area contributed by atoms with Gasteiger partial charge in [0.05, 0.1) is 5.57 Å². The molecule has 0 saturated carbocycles. The molecule has 1 unspecified atom stereocenters. The minimum absolute atomic E-state index is 0.130. The van der Waals surface area contributed by atoms with Crippen LogP contribution in [0.15, 0.2) is 42.0 Å². The maximum atomic E-state index is 13.4. The molecule has 1 atom stereocenters. The molecular weight excluding hydrogens is 471 g/mol. The van der Waals surface area contributed by atoms with Crippen LogP contribution in [-0.2, 0) is 10.2 Å². The number of carboxylic acids is 1. The fraction of sp³-hybridized carbons (Fsp3) is 0.360. The molecule has 1 heterocycles. The molecule has 1 aliphatic heterocycles. The molecule has 5 nitrogen and oxygen atoms in total. The maximum Gasteiger partial charge on any atom is 0.430 e. The fourth-order valence-corrected chi connectivity index (χ4v) is 3.78. The molecule has 0 radical (unpaired) electrons. The molecule has 9 heteroatoms. The monoisotopic (exact) mass is 497 g/mol. The van der Waals surface area contributed by atoms with Gasteiger partial charge >= 0.3 is 12.1 Å². The first kappa shape index (κ1) is 27.2. The first-order chi connectivity index (χ1) is 15.8. The van der Waals surface area contributed by atoms with Gasteiger partial charge < -0.3 is 15.2 Å². The van der Waals surface area contributed by atoms with Gasteiger partial charge in [0.2, 0.25) is 6.10 Å². The van der Waals surface area contributed by atoms with E-state index in [0.717, 1.165) is 11.6 Å². The smallest absolute Gasteiger partial charge is 0.430 e. The van der Waals surface area contributed by atoms with Crippen LogP contribution in [0.2, 0.25) is 5.02 Å². The zero-order valence-corrected chi connectivity index (χ0v) is 20.3. The molecule has 1 aliphatic rings. The third kappa shape index (κ3) is 6.11. The molecule has 0 saturated heterocycles. The van der Waals surface area contributed by atoms with Gasteiger partial charge in [0.25, 0.3) is 5.91 Å². The molecule has 0 bridgehead atoms. The number of carboxylic acid groups (broad SMARTS) is 1. The molecular formula is C25H27ClF3NO4. The van der Waals surface area contributed by atoms with Crippen LogP contribution >= 0.6 is 11.6 Å². The quantitative estimate of drug-likeness (QED) is 0.517. The summed E-state index contributed by atoms with van der Waals surface area (Å²) in [5.74, 6) is -2.15. The van der Waals surface area contributed by atoms with Gasteiger partial charge in [-0.15, -0.1) is 0 Å². The second kappa shape index (κ2) is 10.5. The molecule has 0 fully saturated rings. The number of aliphatic carboxylic acids is 1.